The molecule has 1 heterocycles. The minimum absolute atomic E-state index is 0.341. The van der Waals surface area contributed by atoms with E-state index in [0.29, 0.717) is 12.1 Å². The molecule has 0 unspecified atom stereocenters. The van der Waals surface area contributed by atoms with Crippen molar-refractivity contribution in [1.82, 2.24) is 4.98 Å². The zero-order valence-electron chi connectivity index (χ0n) is 11.0. The van der Waals surface area contributed by atoms with Gasteiger partial charge < -0.3 is 10.1 Å². The number of hydrogen-bond acceptors (Lipinski definition) is 4. The van der Waals surface area contributed by atoms with E-state index < -0.39 is 0 Å². The van der Waals surface area contributed by atoms with Gasteiger partial charge in [0.1, 0.15) is 0 Å². The number of methoxy groups -OCH3 is 1. The third kappa shape index (κ3) is 3.31. The predicted octanol–water partition coefficient (Wildman–Crippen LogP) is 2.79. The molecule has 0 saturated heterocycles. The summed E-state index contributed by atoms with van der Waals surface area (Å²) < 4.78 is 4.79. The Hall–Kier alpha value is -2.36. The van der Waals surface area contributed by atoms with Crippen LogP contribution in [0, 0.1) is 6.92 Å². The van der Waals surface area contributed by atoms with Crippen molar-refractivity contribution < 1.29 is 9.53 Å². The molecule has 4 heteroatoms. The average Bonchev–Trinajstić information content (AvgIpc) is 2.46. The number of aromatic nitrogens is 1. The monoisotopic (exact) mass is 256 g/mol. The van der Waals surface area contributed by atoms with E-state index in [4.69, 9.17) is 4.74 Å². The van der Waals surface area contributed by atoms with E-state index in [-0.39, 0.29) is 5.97 Å². The average molecular weight is 256 g/mol. The Bertz CT molecular complexity index is 568. The summed E-state index contributed by atoms with van der Waals surface area (Å²) in [5, 5.41) is 3.21. The van der Waals surface area contributed by atoms with E-state index in [1.165, 1.54) is 7.11 Å². The molecular formula is C15H16N2O2. The van der Waals surface area contributed by atoms with Crippen molar-refractivity contribution in [1.29, 1.82) is 0 Å². The van der Waals surface area contributed by atoms with Crippen LogP contribution in [0.4, 0.5) is 5.69 Å². The van der Waals surface area contributed by atoms with Crippen LogP contribution < -0.4 is 5.32 Å². The van der Waals surface area contributed by atoms with Crippen molar-refractivity contribution in [2.45, 2.75) is 13.5 Å². The van der Waals surface area contributed by atoms with Gasteiger partial charge in [-0.25, -0.2) is 4.79 Å². The van der Waals surface area contributed by atoms with Crippen LogP contribution in [0.15, 0.2) is 42.6 Å². The Kier molecular flexibility index (Phi) is 4.13. The van der Waals surface area contributed by atoms with Gasteiger partial charge in [-0.15, -0.1) is 0 Å². The fourth-order valence-corrected chi connectivity index (χ4v) is 1.78. The minimum atomic E-state index is -0.341. The maximum Gasteiger partial charge on any atom is 0.339 e. The molecule has 0 amide bonds. The molecule has 0 saturated carbocycles. The smallest absolute Gasteiger partial charge is 0.339 e. The highest BCUT2D eigenvalue weighted by Crippen LogP contribution is 2.19. The van der Waals surface area contributed by atoms with Gasteiger partial charge in [0.05, 0.1) is 24.9 Å². The first-order chi connectivity index (χ1) is 9.20. The fraction of sp³-hybridized carbons (Fsp3) is 0.200. The third-order valence-corrected chi connectivity index (χ3v) is 2.77. The van der Waals surface area contributed by atoms with Crippen LogP contribution in [0.3, 0.4) is 0 Å². The van der Waals surface area contributed by atoms with Gasteiger partial charge in [-0.3, -0.25) is 4.98 Å². The summed E-state index contributed by atoms with van der Waals surface area (Å²) in [4.78, 5) is 15.9. The second kappa shape index (κ2) is 6.00. The molecule has 0 aliphatic rings. The molecule has 0 bridgehead atoms. The number of carbonyl (C=O) groups excluding carboxylic acids is 1. The van der Waals surface area contributed by atoms with Crippen molar-refractivity contribution in [2.24, 2.45) is 0 Å². The molecule has 0 aliphatic heterocycles. The summed E-state index contributed by atoms with van der Waals surface area (Å²) >= 11 is 0. The van der Waals surface area contributed by atoms with Crippen LogP contribution in [0.25, 0.3) is 0 Å². The summed E-state index contributed by atoms with van der Waals surface area (Å²) in [5.74, 6) is -0.341. The second-order valence-electron chi connectivity index (χ2n) is 4.22. The van der Waals surface area contributed by atoms with E-state index in [1.54, 1.807) is 6.20 Å². The van der Waals surface area contributed by atoms with Gasteiger partial charge in [0, 0.05) is 11.9 Å². The van der Waals surface area contributed by atoms with Crippen molar-refractivity contribution in [3.8, 4) is 0 Å². The predicted molar refractivity (Wildman–Crippen MR) is 74.1 cm³/mol. The van der Waals surface area contributed by atoms with Gasteiger partial charge in [0.2, 0.25) is 0 Å². The molecule has 2 aromatic rings. The number of rotatable bonds is 4. The summed E-state index contributed by atoms with van der Waals surface area (Å²) in [6.45, 7) is 2.50. The summed E-state index contributed by atoms with van der Waals surface area (Å²) in [6.07, 6.45) is 1.74. The zero-order chi connectivity index (χ0) is 13.7. The number of anilines is 1. The Balaban J connectivity index is 2.18. The molecule has 2 rings (SSSR count). The topological polar surface area (TPSA) is 51.2 Å². The van der Waals surface area contributed by atoms with E-state index in [9.17, 15) is 4.79 Å². The SMILES string of the molecule is COC(=O)c1cc(C)ccc1NCc1ccccn1. The normalized spacial score (nSPS) is 10.0. The molecule has 19 heavy (non-hydrogen) atoms. The Morgan fingerprint density at radius 2 is 2.16 bits per heavy atom. The minimum Gasteiger partial charge on any atom is -0.465 e. The molecule has 1 aromatic heterocycles. The Morgan fingerprint density at radius 3 is 2.84 bits per heavy atom. The number of carbonyl (C=O) groups is 1. The standard InChI is InChI=1S/C15H16N2O2/c1-11-6-7-14(13(9-11)15(18)19-2)17-10-12-5-3-4-8-16-12/h3-9,17H,10H2,1-2H3. The fourth-order valence-electron chi connectivity index (χ4n) is 1.78. The second-order valence-corrected chi connectivity index (χ2v) is 4.22. The van der Waals surface area contributed by atoms with Gasteiger partial charge >= 0.3 is 5.97 Å². The number of pyridine rings is 1. The number of nitrogens with zero attached hydrogens (tertiary/aromatic N) is 1. The number of esters is 1. The molecule has 98 valence electrons. The lowest BCUT2D eigenvalue weighted by Gasteiger charge is -2.11. The van der Waals surface area contributed by atoms with Crippen LogP contribution in [0.5, 0.6) is 0 Å². The van der Waals surface area contributed by atoms with Gasteiger partial charge in [-0.1, -0.05) is 17.7 Å². The first-order valence-electron chi connectivity index (χ1n) is 6.03. The third-order valence-electron chi connectivity index (χ3n) is 2.77. The van der Waals surface area contributed by atoms with Gasteiger partial charge in [0.25, 0.3) is 0 Å². The first kappa shape index (κ1) is 13.1. The van der Waals surface area contributed by atoms with Crippen LogP contribution in [0.2, 0.25) is 0 Å². The number of hydrogen-bond donors (Lipinski definition) is 1. The summed E-state index contributed by atoms with van der Waals surface area (Å²) in [5.41, 5.74) is 3.23. The van der Waals surface area contributed by atoms with Crippen molar-refractivity contribution >= 4 is 11.7 Å². The zero-order valence-corrected chi connectivity index (χ0v) is 11.0. The highest BCUT2D eigenvalue weighted by Gasteiger charge is 2.11. The van der Waals surface area contributed by atoms with Gasteiger partial charge in [0.15, 0.2) is 0 Å². The van der Waals surface area contributed by atoms with Crippen LogP contribution >= 0.6 is 0 Å². The number of benzene rings is 1. The van der Waals surface area contributed by atoms with E-state index in [2.05, 4.69) is 10.3 Å². The highest BCUT2D eigenvalue weighted by molar-refractivity contribution is 5.95. The van der Waals surface area contributed by atoms with Crippen LogP contribution in [-0.4, -0.2) is 18.1 Å². The molecule has 0 aliphatic carbocycles. The van der Waals surface area contributed by atoms with Gasteiger partial charge in [-0.2, -0.15) is 0 Å². The largest absolute Gasteiger partial charge is 0.465 e. The molecule has 0 atom stereocenters. The summed E-state index contributed by atoms with van der Waals surface area (Å²) in [7, 11) is 1.38. The Morgan fingerprint density at radius 1 is 1.32 bits per heavy atom. The maximum absolute atomic E-state index is 11.7. The molecule has 0 fully saturated rings. The van der Waals surface area contributed by atoms with E-state index in [0.717, 1.165) is 16.9 Å². The lowest BCUT2D eigenvalue weighted by Crippen LogP contribution is -2.09. The van der Waals surface area contributed by atoms with E-state index in [1.807, 2.05) is 43.3 Å². The lowest BCUT2D eigenvalue weighted by molar-refractivity contribution is 0.0601. The molecular weight excluding hydrogens is 240 g/mol. The van der Waals surface area contributed by atoms with Crippen molar-refractivity contribution in [3.05, 3.63) is 59.4 Å². The lowest BCUT2D eigenvalue weighted by atomic mass is 10.1. The number of nitrogens with one attached hydrogen (secondary N) is 1. The van der Waals surface area contributed by atoms with Gasteiger partial charge in [-0.05, 0) is 31.2 Å². The van der Waals surface area contributed by atoms with Crippen molar-refractivity contribution in [3.63, 3.8) is 0 Å². The number of aryl methyl sites for hydroxylation is 1. The maximum atomic E-state index is 11.7. The summed E-state index contributed by atoms with van der Waals surface area (Å²) in [6, 6.07) is 11.4. The molecule has 0 spiro atoms. The quantitative estimate of drug-likeness (QED) is 0.855. The molecule has 1 N–H and O–H groups in total. The van der Waals surface area contributed by atoms with Crippen LogP contribution in [0.1, 0.15) is 21.6 Å². The van der Waals surface area contributed by atoms with E-state index >= 15 is 0 Å². The van der Waals surface area contributed by atoms with Crippen molar-refractivity contribution in [2.75, 3.05) is 12.4 Å². The molecule has 1 aromatic carbocycles. The first-order valence-corrected chi connectivity index (χ1v) is 6.03. The highest BCUT2D eigenvalue weighted by atomic mass is 16.5. The molecule has 0 radical (unpaired) electrons. The van der Waals surface area contributed by atoms with Crippen LogP contribution in [-0.2, 0) is 11.3 Å². The molecule has 4 nitrogen and oxygen atoms in total. The Labute approximate surface area is 112 Å². The number of ether oxygens (including phenoxy) is 1.